The number of halogens is 1. The van der Waals surface area contributed by atoms with Crippen molar-refractivity contribution in [1.29, 1.82) is 0 Å². The summed E-state index contributed by atoms with van der Waals surface area (Å²) in [6.45, 7) is 0.421. The van der Waals surface area contributed by atoms with Crippen molar-refractivity contribution in [3.05, 3.63) is 59.0 Å². The van der Waals surface area contributed by atoms with Gasteiger partial charge in [-0.25, -0.2) is 0 Å². The molecular formula is C14H13ClN2O3. The van der Waals surface area contributed by atoms with Crippen LogP contribution in [-0.2, 0) is 22.7 Å². The summed E-state index contributed by atoms with van der Waals surface area (Å²) >= 11 is 5.83. The largest absolute Gasteiger partial charge is 0.467 e. The van der Waals surface area contributed by atoms with E-state index in [1.165, 1.54) is 6.26 Å². The van der Waals surface area contributed by atoms with Gasteiger partial charge in [-0.1, -0.05) is 23.7 Å². The van der Waals surface area contributed by atoms with E-state index in [-0.39, 0.29) is 13.1 Å². The fraction of sp³-hybridized carbons (Fsp3) is 0.143. The van der Waals surface area contributed by atoms with E-state index in [9.17, 15) is 9.59 Å². The first kappa shape index (κ1) is 14.1. The van der Waals surface area contributed by atoms with Gasteiger partial charge in [0.15, 0.2) is 0 Å². The molecule has 5 nitrogen and oxygen atoms in total. The molecule has 20 heavy (non-hydrogen) atoms. The number of amides is 2. The predicted molar refractivity (Wildman–Crippen MR) is 73.9 cm³/mol. The quantitative estimate of drug-likeness (QED) is 0.845. The molecule has 0 bridgehead atoms. The van der Waals surface area contributed by atoms with Crippen molar-refractivity contribution in [2.24, 2.45) is 0 Å². The average Bonchev–Trinajstić information content (AvgIpc) is 2.95. The van der Waals surface area contributed by atoms with Gasteiger partial charge in [0, 0.05) is 11.6 Å². The number of carbonyl (C=O) groups is 2. The van der Waals surface area contributed by atoms with E-state index in [1.807, 2.05) is 6.07 Å². The van der Waals surface area contributed by atoms with Gasteiger partial charge in [0.1, 0.15) is 5.76 Å². The highest BCUT2D eigenvalue weighted by molar-refractivity contribution is 6.35. The summed E-state index contributed by atoms with van der Waals surface area (Å²) in [7, 11) is 0. The lowest BCUT2D eigenvalue weighted by Crippen LogP contribution is -2.39. The maximum absolute atomic E-state index is 11.6. The normalized spacial score (nSPS) is 10.1. The minimum atomic E-state index is -0.705. The van der Waals surface area contributed by atoms with Gasteiger partial charge < -0.3 is 15.1 Å². The van der Waals surface area contributed by atoms with Crippen molar-refractivity contribution < 1.29 is 14.0 Å². The lowest BCUT2D eigenvalue weighted by molar-refractivity contribution is -0.139. The van der Waals surface area contributed by atoms with Crippen LogP contribution in [-0.4, -0.2) is 11.8 Å². The Morgan fingerprint density at radius 1 is 1.05 bits per heavy atom. The Labute approximate surface area is 120 Å². The molecule has 0 saturated carbocycles. The summed E-state index contributed by atoms with van der Waals surface area (Å²) in [5, 5.41) is 5.56. The Bertz CT molecular complexity index is 596. The summed E-state index contributed by atoms with van der Waals surface area (Å²) in [4.78, 5) is 23.1. The molecule has 0 aliphatic heterocycles. The van der Waals surface area contributed by atoms with Gasteiger partial charge in [-0.15, -0.1) is 0 Å². The second-order valence-corrected chi connectivity index (χ2v) is 4.51. The number of carbonyl (C=O) groups excluding carboxylic acids is 2. The number of nitrogens with one attached hydrogen (secondary N) is 2. The zero-order valence-corrected chi connectivity index (χ0v) is 11.3. The van der Waals surface area contributed by atoms with E-state index in [2.05, 4.69) is 10.6 Å². The Morgan fingerprint density at radius 3 is 2.45 bits per heavy atom. The average molecular weight is 293 g/mol. The first-order chi connectivity index (χ1) is 9.65. The second-order valence-electron chi connectivity index (χ2n) is 4.07. The lowest BCUT2D eigenvalue weighted by Gasteiger charge is -2.06. The molecule has 2 rings (SSSR count). The number of rotatable bonds is 4. The first-order valence-electron chi connectivity index (χ1n) is 5.98. The van der Waals surface area contributed by atoms with E-state index < -0.39 is 11.8 Å². The zero-order chi connectivity index (χ0) is 14.4. The zero-order valence-electron chi connectivity index (χ0n) is 10.6. The van der Waals surface area contributed by atoms with Crippen molar-refractivity contribution in [2.75, 3.05) is 0 Å². The van der Waals surface area contributed by atoms with Crippen molar-refractivity contribution in [1.82, 2.24) is 10.6 Å². The standard InChI is InChI=1S/C14H13ClN2O3/c15-11-4-1-3-10(7-11)8-16-13(18)14(19)17-9-12-5-2-6-20-12/h1-7H,8-9H2,(H,16,18)(H,17,19). The molecule has 1 aromatic heterocycles. The van der Waals surface area contributed by atoms with Gasteiger partial charge in [0.05, 0.1) is 12.8 Å². The third-order valence-electron chi connectivity index (χ3n) is 2.55. The minimum Gasteiger partial charge on any atom is -0.467 e. The molecule has 0 atom stereocenters. The number of hydrogen-bond acceptors (Lipinski definition) is 3. The Hall–Kier alpha value is -2.27. The van der Waals surface area contributed by atoms with Gasteiger partial charge in [-0.05, 0) is 29.8 Å². The molecule has 0 radical (unpaired) electrons. The molecule has 2 amide bonds. The van der Waals surface area contributed by atoms with Crippen molar-refractivity contribution in [2.45, 2.75) is 13.1 Å². The van der Waals surface area contributed by atoms with E-state index in [1.54, 1.807) is 30.3 Å². The molecule has 1 heterocycles. The van der Waals surface area contributed by atoms with Crippen LogP contribution in [0.4, 0.5) is 0 Å². The molecule has 0 aliphatic carbocycles. The summed E-state index contributed by atoms with van der Waals surface area (Å²) in [5.74, 6) is -0.819. The fourth-order valence-electron chi connectivity index (χ4n) is 1.57. The molecule has 0 aliphatic rings. The SMILES string of the molecule is O=C(NCc1cccc(Cl)c1)C(=O)NCc1ccco1. The smallest absolute Gasteiger partial charge is 0.309 e. The molecule has 0 spiro atoms. The minimum absolute atomic E-state index is 0.177. The second kappa shape index (κ2) is 6.77. The van der Waals surface area contributed by atoms with E-state index >= 15 is 0 Å². The molecule has 0 unspecified atom stereocenters. The highest BCUT2D eigenvalue weighted by Crippen LogP contribution is 2.10. The van der Waals surface area contributed by atoms with Crippen LogP contribution in [0.1, 0.15) is 11.3 Å². The van der Waals surface area contributed by atoms with Gasteiger partial charge in [-0.3, -0.25) is 9.59 Å². The first-order valence-corrected chi connectivity index (χ1v) is 6.36. The van der Waals surface area contributed by atoms with Crippen LogP contribution in [0.5, 0.6) is 0 Å². The van der Waals surface area contributed by atoms with Crippen LogP contribution >= 0.6 is 11.6 Å². The van der Waals surface area contributed by atoms with Gasteiger partial charge in [-0.2, -0.15) is 0 Å². The third kappa shape index (κ3) is 4.13. The summed E-state index contributed by atoms with van der Waals surface area (Å²) in [6, 6.07) is 10.5. The third-order valence-corrected chi connectivity index (χ3v) is 2.79. The Morgan fingerprint density at radius 2 is 1.80 bits per heavy atom. The van der Waals surface area contributed by atoms with Crippen molar-refractivity contribution in [3.8, 4) is 0 Å². The topological polar surface area (TPSA) is 71.3 Å². The maximum atomic E-state index is 11.6. The molecule has 0 fully saturated rings. The Balaban J connectivity index is 1.78. The van der Waals surface area contributed by atoms with E-state index in [4.69, 9.17) is 16.0 Å². The molecule has 2 N–H and O–H groups in total. The highest BCUT2D eigenvalue weighted by Gasteiger charge is 2.13. The van der Waals surface area contributed by atoms with Gasteiger partial charge in [0.2, 0.25) is 0 Å². The Kier molecular flexibility index (Phi) is 4.79. The van der Waals surface area contributed by atoms with Crippen LogP contribution in [0.25, 0.3) is 0 Å². The maximum Gasteiger partial charge on any atom is 0.309 e. The van der Waals surface area contributed by atoms with Crippen molar-refractivity contribution >= 4 is 23.4 Å². The van der Waals surface area contributed by atoms with Crippen LogP contribution in [0.3, 0.4) is 0 Å². The molecule has 2 aromatic rings. The van der Waals surface area contributed by atoms with Crippen LogP contribution < -0.4 is 10.6 Å². The number of hydrogen-bond donors (Lipinski definition) is 2. The van der Waals surface area contributed by atoms with E-state index in [0.717, 1.165) is 5.56 Å². The molecule has 6 heteroatoms. The van der Waals surface area contributed by atoms with Gasteiger partial charge in [0.25, 0.3) is 0 Å². The van der Waals surface area contributed by atoms with E-state index in [0.29, 0.717) is 10.8 Å². The lowest BCUT2D eigenvalue weighted by atomic mass is 10.2. The summed E-state index contributed by atoms with van der Waals surface area (Å²) in [5.41, 5.74) is 0.824. The van der Waals surface area contributed by atoms with Crippen LogP contribution in [0.15, 0.2) is 47.1 Å². The molecule has 104 valence electrons. The van der Waals surface area contributed by atoms with Crippen molar-refractivity contribution in [3.63, 3.8) is 0 Å². The van der Waals surface area contributed by atoms with Crippen LogP contribution in [0, 0.1) is 0 Å². The summed E-state index contributed by atoms with van der Waals surface area (Å²) < 4.78 is 5.05. The fourth-order valence-corrected chi connectivity index (χ4v) is 1.78. The van der Waals surface area contributed by atoms with Crippen LogP contribution in [0.2, 0.25) is 5.02 Å². The monoisotopic (exact) mass is 292 g/mol. The number of benzene rings is 1. The summed E-state index contributed by atoms with van der Waals surface area (Å²) in [6.07, 6.45) is 1.50. The number of furan rings is 1. The molecule has 0 saturated heterocycles. The molecular weight excluding hydrogens is 280 g/mol. The molecule has 1 aromatic carbocycles. The highest BCUT2D eigenvalue weighted by atomic mass is 35.5. The van der Waals surface area contributed by atoms with Gasteiger partial charge >= 0.3 is 11.8 Å². The predicted octanol–water partition coefficient (Wildman–Crippen LogP) is 1.87.